The third-order valence-corrected chi connectivity index (χ3v) is 3.95. The number of carbonyl (C=O) groups is 1. The Kier molecular flexibility index (Phi) is 4.60. The summed E-state index contributed by atoms with van der Waals surface area (Å²) in [6.07, 6.45) is 1.74. The molecule has 1 fully saturated rings. The monoisotopic (exact) mass is 303 g/mol. The number of benzene rings is 1. The molecule has 1 aliphatic rings. The molecule has 6 nitrogen and oxygen atoms in total. The Bertz CT molecular complexity index is 647. The van der Waals surface area contributed by atoms with Crippen LogP contribution in [0.15, 0.2) is 24.4 Å². The van der Waals surface area contributed by atoms with E-state index in [0.29, 0.717) is 12.1 Å². The summed E-state index contributed by atoms with van der Waals surface area (Å²) in [6.45, 7) is 4.91. The van der Waals surface area contributed by atoms with Crippen molar-refractivity contribution in [3.05, 3.63) is 30.0 Å². The van der Waals surface area contributed by atoms with E-state index in [9.17, 15) is 4.79 Å². The van der Waals surface area contributed by atoms with E-state index in [0.717, 1.165) is 49.5 Å². The number of ether oxygens (including phenoxy) is 2. The van der Waals surface area contributed by atoms with Crippen molar-refractivity contribution in [2.24, 2.45) is 0 Å². The van der Waals surface area contributed by atoms with Crippen LogP contribution in [0.2, 0.25) is 0 Å². The van der Waals surface area contributed by atoms with Crippen LogP contribution < -0.4 is 10.1 Å². The lowest BCUT2D eigenvalue weighted by Gasteiger charge is -2.26. The van der Waals surface area contributed by atoms with Crippen molar-refractivity contribution < 1.29 is 14.3 Å². The number of aromatic amines is 1. The van der Waals surface area contributed by atoms with Crippen LogP contribution in [0.3, 0.4) is 0 Å². The molecule has 1 aromatic heterocycles. The van der Waals surface area contributed by atoms with Gasteiger partial charge in [0, 0.05) is 49.3 Å². The number of aromatic nitrogens is 1. The molecule has 1 aromatic carbocycles. The van der Waals surface area contributed by atoms with E-state index in [-0.39, 0.29) is 5.91 Å². The van der Waals surface area contributed by atoms with E-state index in [1.54, 1.807) is 13.3 Å². The van der Waals surface area contributed by atoms with Crippen molar-refractivity contribution in [2.45, 2.75) is 0 Å². The van der Waals surface area contributed by atoms with Gasteiger partial charge >= 0.3 is 0 Å². The second kappa shape index (κ2) is 6.81. The van der Waals surface area contributed by atoms with Gasteiger partial charge in [0.05, 0.1) is 25.9 Å². The second-order valence-electron chi connectivity index (χ2n) is 5.32. The summed E-state index contributed by atoms with van der Waals surface area (Å²) >= 11 is 0. The van der Waals surface area contributed by atoms with E-state index >= 15 is 0 Å². The molecule has 2 N–H and O–H groups in total. The SMILES string of the molecule is COc1ccc2c(C(=O)NCCN3CCOCC3)c[nH]c2c1. The lowest BCUT2D eigenvalue weighted by molar-refractivity contribution is 0.0383. The number of carbonyl (C=O) groups excluding carboxylic acids is 1. The maximum Gasteiger partial charge on any atom is 0.253 e. The lowest BCUT2D eigenvalue weighted by Crippen LogP contribution is -2.41. The van der Waals surface area contributed by atoms with Gasteiger partial charge in [0.2, 0.25) is 0 Å². The van der Waals surface area contributed by atoms with Gasteiger partial charge in [-0.3, -0.25) is 9.69 Å². The van der Waals surface area contributed by atoms with Crippen LogP contribution >= 0.6 is 0 Å². The molecule has 1 aliphatic heterocycles. The van der Waals surface area contributed by atoms with E-state index in [4.69, 9.17) is 9.47 Å². The number of hydrogen-bond donors (Lipinski definition) is 2. The topological polar surface area (TPSA) is 66.6 Å². The first-order valence-electron chi connectivity index (χ1n) is 7.51. The van der Waals surface area contributed by atoms with Crippen molar-refractivity contribution in [3.8, 4) is 5.75 Å². The number of H-pyrrole nitrogens is 1. The Balaban J connectivity index is 1.60. The Hall–Kier alpha value is -2.05. The molecule has 0 spiro atoms. The summed E-state index contributed by atoms with van der Waals surface area (Å²) in [5.41, 5.74) is 1.57. The fourth-order valence-electron chi connectivity index (χ4n) is 2.67. The highest BCUT2D eigenvalue weighted by molar-refractivity contribution is 6.06. The second-order valence-corrected chi connectivity index (χ2v) is 5.32. The molecule has 3 rings (SSSR count). The van der Waals surface area contributed by atoms with Crippen LogP contribution in [0.4, 0.5) is 0 Å². The third kappa shape index (κ3) is 3.23. The van der Waals surface area contributed by atoms with Gasteiger partial charge in [0.15, 0.2) is 0 Å². The maximum absolute atomic E-state index is 12.3. The van der Waals surface area contributed by atoms with Crippen LogP contribution in [-0.2, 0) is 4.74 Å². The van der Waals surface area contributed by atoms with E-state index in [2.05, 4.69) is 15.2 Å². The predicted octanol–water partition coefficient (Wildman–Crippen LogP) is 1.24. The van der Waals surface area contributed by atoms with Gasteiger partial charge in [-0.05, 0) is 12.1 Å². The lowest BCUT2D eigenvalue weighted by atomic mass is 10.1. The zero-order valence-corrected chi connectivity index (χ0v) is 12.7. The Labute approximate surface area is 129 Å². The van der Waals surface area contributed by atoms with E-state index in [1.807, 2.05) is 18.2 Å². The van der Waals surface area contributed by atoms with E-state index in [1.165, 1.54) is 0 Å². The normalized spacial score (nSPS) is 15.9. The molecule has 118 valence electrons. The molecular formula is C16H21N3O3. The zero-order chi connectivity index (χ0) is 15.4. The quantitative estimate of drug-likeness (QED) is 0.872. The molecule has 0 atom stereocenters. The number of rotatable bonds is 5. The molecule has 22 heavy (non-hydrogen) atoms. The van der Waals surface area contributed by atoms with Gasteiger partial charge in [-0.2, -0.15) is 0 Å². The number of hydrogen-bond acceptors (Lipinski definition) is 4. The maximum atomic E-state index is 12.3. The fourth-order valence-corrected chi connectivity index (χ4v) is 2.67. The minimum Gasteiger partial charge on any atom is -0.497 e. The summed E-state index contributed by atoms with van der Waals surface area (Å²) < 4.78 is 10.5. The number of fused-ring (bicyclic) bond motifs is 1. The molecule has 0 bridgehead atoms. The highest BCUT2D eigenvalue weighted by Crippen LogP contribution is 2.23. The first-order valence-corrected chi connectivity index (χ1v) is 7.51. The van der Waals surface area contributed by atoms with Crippen LogP contribution in [-0.4, -0.2) is 62.3 Å². The minimum absolute atomic E-state index is 0.0512. The minimum atomic E-state index is -0.0512. The molecular weight excluding hydrogens is 282 g/mol. The van der Waals surface area contributed by atoms with Gasteiger partial charge < -0.3 is 19.8 Å². The summed E-state index contributed by atoms with van der Waals surface area (Å²) in [5, 5.41) is 3.89. The number of nitrogens with one attached hydrogen (secondary N) is 2. The zero-order valence-electron chi connectivity index (χ0n) is 12.7. The number of amides is 1. The van der Waals surface area contributed by atoms with Crippen molar-refractivity contribution in [2.75, 3.05) is 46.5 Å². The smallest absolute Gasteiger partial charge is 0.253 e. The standard InChI is InChI=1S/C16H21N3O3/c1-21-12-2-3-13-14(11-18-15(13)10-12)16(20)17-4-5-19-6-8-22-9-7-19/h2-3,10-11,18H,4-9H2,1H3,(H,17,20). The van der Waals surface area contributed by atoms with Crippen molar-refractivity contribution >= 4 is 16.8 Å². The predicted molar refractivity (Wildman–Crippen MR) is 84.4 cm³/mol. The van der Waals surface area contributed by atoms with Crippen LogP contribution in [0.1, 0.15) is 10.4 Å². The molecule has 6 heteroatoms. The summed E-state index contributed by atoms with van der Waals surface area (Å²) in [6, 6.07) is 5.65. The summed E-state index contributed by atoms with van der Waals surface area (Å²) in [4.78, 5) is 17.7. The summed E-state index contributed by atoms with van der Waals surface area (Å²) in [7, 11) is 1.63. The number of morpholine rings is 1. The van der Waals surface area contributed by atoms with Crippen LogP contribution in [0.25, 0.3) is 10.9 Å². The van der Waals surface area contributed by atoms with Gasteiger partial charge in [-0.25, -0.2) is 0 Å². The average molecular weight is 303 g/mol. The average Bonchev–Trinajstić information content (AvgIpc) is 2.98. The largest absolute Gasteiger partial charge is 0.497 e. The van der Waals surface area contributed by atoms with Gasteiger partial charge in [0.1, 0.15) is 5.75 Å². The first-order chi connectivity index (χ1) is 10.8. The van der Waals surface area contributed by atoms with Gasteiger partial charge in [-0.15, -0.1) is 0 Å². The van der Waals surface area contributed by atoms with Crippen molar-refractivity contribution in [3.63, 3.8) is 0 Å². The third-order valence-electron chi connectivity index (χ3n) is 3.95. The number of methoxy groups -OCH3 is 1. The van der Waals surface area contributed by atoms with Crippen molar-refractivity contribution in [1.82, 2.24) is 15.2 Å². The van der Waals surface area contributed by atoms with Crippen LogP contribution in [0.5, 0.6) is 5.75 Å². The molecule has 0 radical (unpaired) electrons. The molecule has 0 aliphatic carbocycles. The molecule has 1 saturated heterocycles. The molecule has 1 amide bonds. The Morgan fingerprint density at radius 3 is 3.00 bits per heavy atom. The molecule has 2 aromatic rings. The molecule has 0 unspecified atom stereocenters. The first kappa shape index (κ1) is 14.9. The van der Waals surface area contributed by atoms with Gasteiger partial charge in [0.25, 0.3) is 5.91 Å². The molecule has 2 heterocycles. The van der Waals surface area contributed by atoms with Gasteiger partial charge in [-0.1, -0.05) is 0 Å². The van der Waals surface area contributed by atoms with Crippen molar-refractivity contribution in [1.29, 1.82) is 0 Å². The Morgan fingerprint density at radius 2 is 2.23 bits per heavy atom. The molecule has 0 saturated carbocycles. The highest BCUT2D eigenvalue weighted by Gasteiger charge is 2.14. The summed E-state index contributed by atoms with van der Waals surface area (Å²) in [5.74, 6) is 0.721. The highest BCUT2D eigenvalue weighted by atomic mass is 16.5. The fraction of sp³-hybridized carbons (Fsp3) is 0.438. The Morgan fingerprint density at radius 1 is 1.41 bits per heavy atom. The number of nitrogens with zero attached hydrogens (tertiary/aromatic N) is 1. The van der Waals surface area contributed by atoms with E-state index < -0.39 is 0 Å². The van der Waals surface area contributed by atoms with Crippen LogP contribution in [0, 0.1) is 0 Å².